The fourth-order valence-corrected chi connectivity index (χ4v) is 5.66. The van der Waals surface area contributed by atoms with Gasteiger partial charge in [-0.05, 0) is 37.5 Å². The number of rotatable bonds is 5. The van der Waals surface area contributed by atoms with Crippen LogP contribution in [0.15, 0.2) is 0 Å². The first kappa shape index (κ1) is 14.4. The molecule has 1 heterocycles. The first-order valence-electron chi connectivity index (χ1n) is 7.20. The lowest BCUT2D eigenvalue weighted by atomic mass is 9.84. The molecule has 0 aromatic carbocycles. The van der Waals surface area contributed by atoms with Gasteiger partial charge < -0.3 is 0 Å². The second-order valence-electron chi connectivity index (χ2n) is 6.13. The molecule has 0 nitrogen and oxygen atoms in total. The van der Waals surface area contributed by atoms with Crippen molar-refractivity contribution in [2.24, 2.45) is 11.8 Å². The van der Waals surface area contributed by atoms with E-state index >= 15 is 0 Å². The van der Waals surface area contributed by atoms with Gasteiger partial charge in [0.15, 0.2) is 0 Å². The lowest BCUT2D eigenvalue weighted by Crippen LogP contribution is -2.37. The Morgan fingerprint density at radius 3 is 2.19 bits per heavy atom. The van der Waals surface area contributed by atoms with E-state index in [1.807, 2.05) is 0 Å². The van der Waals surface area contributed by atoms with Gasteiger partial charge in [0, 0.05) is 10.00 Å². The lowest BCUT2D eigenvalue weighted by molar-refractivity contribution is 0.326. The van der Waals surface area contributed by atoms with Crippen molar-refractivity contribution in [1.82, 2.24) is 0 Å². The van der Waals surface area contributed by atoms with Crippen LogP contribution in [0.25, 0.3) is 0 Å². The third kappa shape index (κ3) is 3.68. The lowest BCUT2D eigenvalue weighted by Gasteiger charge is -2.45. The normalized spacial score (nSPS) is 29.6. The molecule has 1 saturated heterocycles. The SMILES string of the molecule is CCCC1(CCC)CC(C)CC(C(C)C)S1. The second kappa shape index (κ2) is 6.33. The number of hydrogen-bond donors (Lipinski definition) is 0. The van der Waals surface area contributed by atoms with Gasteiger partial charge in [0.1, 0.15) is 0 Å². The number of thioether (sulfide) groups is 1. The zero-order valence-corrected chi connectivity index (χ0v) is 12.7. The van der Waals surface area contributed by atoms with Crippen LogP contribution in [-0.4, -0.2) is 10.00 Å². The zero-order chi connectivity index (χ0) is 12.2. The van der Waals surface area contributed by atoms with Crippen LogP contribution >= 0.6 is 11.8 Å². The second-order valence-corrected chi connectivity index (χ2v) is 7.84. The third-order valence-corrected chi connectivity index (χ3v) is 6.03. The molecule has 0 aromatic rings. The molecule has 0 aliphatic carbocycles. The highest BCUT2D eigenvalue weighted by molar-refractivity contribution is 8.01. The molecule has 0 saturated carbocycles. The average Bonchev–Trinajstić information content (AvgIpc) is 2.17. The zero-order valence-electron chi connectivity index (χ0n) is 11.9. The van der Waals surface area contributed by atoms with E-state index in [0.717, 1.165) is 17.1 Å². The van der Waals surface area contributed by atoms with Gasteiger partial charge >= 0.3 is 0 Å². The predicted octanol–water partition coefficient (Wildman–Crippen LogP) is 5.51. The van der Waals surface area contributed by atoms with E-state index in [1.165, 1.54) is 38.5 Å². The highest BCUT2D eigenvalue weighted by Gasteiger charge is 2.39. The maximum atomic E-state index is 2.47. The first-order chi connectivity index (χ1) is 7.53. The summed E-state index contributed by atoms with van der Waals surface area (Å²) in [5, 5.41) is 0.904. The van der Waals surface area contributed by atoms with Crippen molar-refractivity contribution in [3.05, 3.63) is 0 Å². The minimum atomic E-state index is 0.621. The minimum Gasteiger partial charge on any atom is -0.151 e. The predicted molar refractivity (Wildman–Crippen MR) is 77.2 cm³/mol. The van der Waals surface area contributed by atoms with Gasteiger partial charge in [0.25, 0.3) is 0 Å². The van der Waals surface area contributed by atoms with E-state index in [4.69, 9.17) is 0 Å². The molecule has 96 valence electrons. The Kier molecular flexibility index (Phi) is 5.70. The maximum Gasteiger partial charge on any atom is 0.0165 e. The van der Waals surface area contributed by atoms with Crippen molar-refractivity contribution in [3.8, 4) is 0 Å². The summed E-state index contributed by atoms with van der Waals surface area (Å²) in [4.78, 5) is 0. The van der Waals surface area contributed by atoms with Crippen LogP contribution < -0.4 is 0 Å². The molecule has 2 atom stereocenters. The van der Waals surface area contributed by atoms with Crippen LogP contribution in [0, 0.1) is 11.8 Å². The Morgan fingerprint density at radius 1 is 1.19 bits per heavy atom. The topological polar surface area (TPSA) is 0 Å². The molecule has 1 heteroatoms. The Labute approximate surface area is 107 Å². The standard InChI is InChI=1S/C15H30S/c1-6-8-15(9-7-2)11-13(5)10-14(16-15)12(3)4/h12-14H,6-11H2,1-5H3. The van der Waals surface area contributed by atoms with E-state index < -0.39 is 0 Å². The van der Waals surface area contributed by atoms with Crippen LogP contribution in [0.4, 0.5) is 0 Å². The van der Waals surface area contributed by atoms with Crippen molar-refractivity contribution in [2.45, 2.75) is 83.1 Å². The van der Waals surface area contributed by atoms with Crippen molar-refractivity contribution in [1.29, 1.82) is 0 Å². The molecule has 1 rings (SSSR count). The van der Waals surface area contributed by atoms with Gasteiger partial charge in [0.05, 0.1) is 0 Å². The Balaban J connectivity index is 2.73. The summed E-state index contributed by atoms with van der Waals surface area (Å²) in [7, 11) is 0. The monoisotopic (exact) mass is 242 g/mol. The van der Waals surface area contributed by atoms with E-state index in [-0.39, 0.29) is 0 Å². The summed E-state index contributed by atoms with van der Waals surface area (Å²) in [6.45, 7) is 12.0. The summed E-state index contributed by atoms with van der Waals surface area (Å²) >= 11 is 2.34. The summed E-state index contributed by atoms with van der Waals surface area (Å²) in [5.41, 5.74) is 0. The molecule has 0 aromatic heterocycles. The first-order valence-corrected chi connectivity index (χ1v) is 8.08. The smallest absolute Gasteiger partial charge is 0.0165 e. The van der Waals surface area contributed by atoms with Gasteiger partial charge in [-0.2, -0.15) is 11.8 Å². The van der Waals surface area contributed by atoms with Crippen LogP contribution in [-0.2, 0) is 0 Å². The summed E-state index contributed by atoms with van der Waals surface area (Å²) in [6.07, 6.45) is 8.47. The third-order valence-electron chi connectivity index (χ3n) is 3.91. The summed E-state index contributed by atoms with van der Waals surface area (Å²) in [6, 6.07) is 0. The molecule has 0 amide bonds. The Morgan fingerprint density at radius 2 is 1.75 bits per heavy atom. The van der Waals surface area contributed by atoms with Crippen LogP contribution in [0.2, 0.25) is 0 Å². The minimum absolute atomic E-state index is 0.621. The van der Waals surface area contributed by atoms with E-state index in [9.17, 15) is 0 Å². The van der Waals surface area contributed by atoms with Gasteiger partial charge in [0.2, 0.25) is 0 Å². The largest absolute Gasteiger partial charge is 0.151 e. The fourth-order valence-electron chi connectivity index (χ4n) is 3.30. The van der Waals surface area contributed by atoms with E-state index in [2.05, 4.69) is 46.4 Å². The van der Waals surface area contributed by atoms with Crippen molar-refractivity contribution in [2.75, 3.05) is 0 Å². The molecule has 0 spiro atoms. The van der Waals surface area contributed by atoms with Gasteiger partial charge in [-0.25, -0.2) is 0 Å². The Bertz CT molecular complexity index is 192. The van der Waals surface area contributed by atoms with Crippen molar-refractivity contribution in [3.63, 3.8) is 0 Å². The number of hydrogen-bond acceptors (Lipinski definition) is 1. The van der Waals surface area contributed by atoms with Crippen LogP contribution in [0.1, 0.15) is 73.1 Å². The van der Waals surface area contributed by atoms with Gasteiger partial charge in [-0.1, -0.05) is 47.5 Å². The summed E-state index contributed by atoms with van der Waals surface area (Å²) < 4.78 is 0.621. The van der Waals surface area contributed by atoms with Crippen LogP contribution in [0.3, 0.4) is 0 Å². The fraction of sp³-hybridized carbons (Fsp3) is 1.00. The van der Waals surface area contributed by atoms with E-state index in [0.29, 0.717) is 4.75 Å². The summed E-state index contributed by atoms with van der Waals surface area (Å²) in [5.74, 6) is 1.78. The van der Waals surface area contributed by atoms with Crippen molar-refractivity contribution >= 4 is 11.8 Å². The molecule has 0 bridgehead atoms. The highest BCUT2D eigenvalue weighted by Crippen LogP contribution is 2.50. The Hall–Kier alpha value is 0.350. The highest BCUT2D eigenvalue weighted by atomic mass is 32.2. The molecule has 0 N–H and O–H groups in total. The molecule has 2 unspecified atom stereocenters. The molecular formula is C15H30S. The van der Waals surface area contributed by atoms with Gasteiger partial charge in [-0.3, -0.25) is 0 Å². The van der Waals surface area contributed by atoms with Gasteiger partial charge in [-0.15, -0.1) is 0 Å². The molecule has 1 aliphatic rings. The van der Waals surface area contributed by atoms with Crippen molar-refractivity contribution < 1.29 is 0 Å². The molecule has 0 radical (unpaired) electrons. The van der Waals surface area contributed by atoms with E-state index in [1.54, 1.807) is 0 Å². The molecule has 16 heavy (non-hydrogen) atoms. The maximum absolute atomic E-state index is 2.47. The molecule has 1 aliphatic heterocycles. The quantitative estimate of drug-likeness (QED) is 0.612. The molecule has 1 fully saturated rings. The van der Waals surface area contributed by atoms with Crippen LogP contribution in [0.5, 0.6) is 0 Å². The molecular weight excluding hydrogens is 212 g/mol. The average molecular weight is 242 g/mol.